The van der Waals surface area contributed by atoms with Crippen LogP contribution in [0.15, 0.2) is 34.6 Å². The molecule has 0 fully saturated rings. The van der Waals surface area contributed by atoms with Crippen LogP contribution in [-0.4, -0.2) is 10.9 Å². The smallest absolute Gasteiger partial charge is 0.0488 e. The van der Waals surface area contributed by atoms with Crippen molar-refractivity contribution in [3.05, 3.63) is 45.8 Å². The van der Waals surface area contributed by atoms with E-state index in [0.29, 0.717) is 5.88 Å². The number of aryl methyl sites for hydroxylation is 1. The molecule has 0 bridgehead atoms. The SMILES string of the molecule is C/C(N)=C\C=C/c1cc(Br)cnc1CCCl. The molecule has 1 heterocycles. The van der Waals surface area contributed by atoms with Crippen molar-refractivity contribution in [3.8, 4) is 0 Å². The van der Waals surface area contributed by atoms with Crippen molar-refractivity contribution >= 4 is 33.6 Å². The average molecular weight is 302 g/mol. The molecule has 1 rings (SSSR count). The van der Waals surface area contributed by atoms with E-state index in [0.717, 1.165) is 27.8 Å². The van der Waals surface area contributed by atoms with Crippen molar-refractivity contribution in [2.75, 3.05) is 5.88 Å². The zero-order chi connectivity index (χ0) is 12.0. The molecule has 0 amide bonds. The van der Waals surface area contributed by atoms with Crippen molar-refractivity contribution in [1.82, 2.24) is 4.98 Å². The highest BCUT2D eigenvalue weighted by Gasteiger charge is 2.01. The van der Waals surface area contributed by atoms with Gasteiger partial charge in [-0.05, 0) is 40.6 Å². The first-order chi connectivity index (χ1) is 7.63. The van der Waals surface area contributed by atoms with Crippen molar-refractivity contribution in [3.63, 3.8) is 0 Å². The van der Waals surface area contributed by atoms with E-state index in [4.69, 9.17) is 17.3 Å². The molecule has 1 aromatic heterocycles. The molecule has 0 aliphatic heterocycles. The topological polar surface area (TPSA) is 38.9 Å². The van der Waals surface area contributed by atoms with E-state index >= 15 is 0 Å². The van der Waals surface area contributed by atoms with Crippen LogP contribution in [0.4, 0.5) is 0 Å². The Kier molecular flexibility index (Phi) is 5.56. The van der Waals surface area contributed by atoms with Gasteiger partial charge in [0.15, 0.2) is 0 Å². The van der Waals surface area contributed by atoms with Crippen molar-refractivity contribution < 1.29 is 0 Å². The number of pyridine rings is 1. The van der Waals surface area contributed by atoms with Gasteiger partial charge in [0, 0.05) is 34.4 Å². The predicted molar refractivity (Wildman–Crippen MR) is 73.3 cm³/mol. The predicted octanol–water partition coefficient (Wildman–Crippen LogP) is 3.50. The lowest BCUT2D eigenvalue weighted by molar-refractivity contribution is 1.03. The van der Waals surface area contributed by atoms with Crippen molar-refractivity contribution in [1.29, 1.82) is 0 Å². The standard InChI is InChI=1S/C12H14BrClN2/c1-9(15)3-2-4-10-7-11(13)8-16-12(10)5-6-14/h2-4,7-8H,5-6,15H2,1H3/b4-2-,9-3+. The molecule has 0 spiro atoms. The summed E-state index contributed by atoms with van der Waals surface area (Å²) < 4.78 is 0.957. The zero-order valence-electron chi connectivity index (χ0n) is 9.08. The number of aromatic nitrogens is 1. The maximum Gasteiger partial charge on any atom is 0.0488 e. The number of rotatable bonds is 4. The summed E-state index contributed by atoms with van der Waals surface area (Å²) >= 11 is 9.12. The Morgan fingerprint density at radius 3 is 3.00 bits per heavy atom. The minimum atomic E-state index is 0.571. The van der Waals surface area contributed by atoms with Gasteiger partial charge in [-0.3, -0.25) is 4.98 Å². The molecule has 86 valence electrons. The summed E-state index contributed by atoms with van der Waals surface area (Å²) in [5, 5.41) is 0. The van der Waals surface area contributed by atoms with Crippen LogP contribution in [0.5, 0.6) is 0 Å². The van der Waals surface area contributed by atoms with E-state index in [1.807, 2.05) is 31.2 Å². The van der Waals surface area contributed by atoms with Gasteiger partial charge >= 0.3 is 0 Å². The highest BCUT2D eigenvalue weighted by Crippen LogP contribution is 2.16. The molecule has 2 N–H and O–H groups in total. The molecule has 0 saturated heterocycles. The van der Waals surface area contributed by atoms with Gasteiger partial charge in [-0.25, -0.2) is 0 Å². The van der Waals surface area contributed by atoms with E-state index in [1.54, 1.807) is 6.20 Å². The number of allylic oxidation sites excluding steroid dienone is 3. The summed E-state index contributed by atoms with van der Waals surface area (Å²) in [6.07, 6.45) is 8.29. The molecular formula is C12H14BrClN2. The van der Waals surface area contributed by atoms with Gasteiger partial charge in [-0.1, -0.05) is 12.2 Å². The maximum absolute atomic E-state index is 5.72. The fourth-order valence-corrected chi connectivity index (χ4v) is 1.76. The molecular weight excluding hydrogens is 288 g/mol. The normalized spacial score (nSPS) is 12.3. The summed E-state index contributed by atoms with van der Waals surface area (Å²) in [5.41, 5.74) is 8.38. The van der Waals surface area contributed by atoms with Gasteiger partial charge in [-0.2, -0.15) is 0 Å². The lowest BCUT2D eigenvalue weighted by Crippen LogP contribution is -1.95. The number of hydrogen-bond acceptors (Lipinski definition) is 2. The quantitative estimate of drug-likeness (QED) is 0.683. The van der Waals surface area contributed by atoms with Crippen LogP contribution in [0.25, 0.3) is 6.08 Å². The molecule has 0 atom stereocenters. The molecule has 16 heavy (non-hydrogen) atoms. The fourth-order valence-electron chi connectivity index (χ4n) is 1.23. The lowest BCUT2D eigenvalue weighted by atomic mass is 10.1. The Bertz CT molecular complexity index is 409. The number of nitrogens with zero attached hydrogens (tertiary/aromatic N) is 1. The summed E-state index contributed by atoms with van der Waals surface area (Å²) in [4.78, 5) is 4.33. The van der Waals surface area contributed by atoms with Gasteiger partial charge in [0.2, 0.25) is 0 Å². The first kappa shape index (κ1) is 13.3. The van der Waals surface area contributed by atoms with Gasteiger partial charge < -0.3 is 5.73 Å². The van der Waals surface area contributed by atoms with Crippen LogP contribution in [0.3, 0.4) is 0 Å². The fraction of sp³-hybridized carbons (Fsp3) is 0.250. The number of hydrogen-bond donors (Lipinski definition) is 1. The molecule has 0 aromatic carbocycles. The van der Waals surface area contributed by atoms with E-state index in [1.165, 1.54) is 0 Å². The molecule has 4 heteroatoms. The van der Waals surface area contributed by atoms with Gasteiger partial charge in [0.1, 0.15) is 0 Å². The Labute approximate surface area is 109 Å². The monoisotopic (exact) mass is 300 g/mol. The van der Waals surface area contributed by atoms with Crippen molar-refractivity contribution in [2.45, 2.75) is 13.3 Å². The van der Waals surface area contributed by atoms with E-state index in [9.17, 15) is 0 Å². The molecule has 0 unspecified atom stereocenters. The molecule has 0 saturated carbocycles. The Morgan fingerprint density at radius 1 is 1.62 bits per heavy atom. The number of halogens is 2. The van der Waals surface area contributed by atoms with Crippen molar-refractivity contribution in [2.24, 2.45) is 5.73 Å². The first-order valence-electron chi connectivity index (χ1n) is 4.94. The minimum Gasteiger partial charge on any atom is -0.402 e. The molecule has 1 aromatic rings. The second kappa shape index (κ2) is 6.71. The third-order valence-electron chi connectivity index (χ3n) is 1.94. The van der Waals surface area contributed by atoms with Crippen LogP contribution in [0.2, 0.25) is 0 Å². The zero-order valence-corrected chi connectivity index (χ0v) is 11.4. The number of nitrogens with two attached hydrogens (primary N) is 1. The highest BCUT2D eigenvalue weighted by atomic mass is 79.9. The first-order valence-corrected chi connectivity index (χ1v) is 6.27. The summed E-state index contributed by atoms with van der Waals surface area (Å²) in [6, 6.07) is 2.02. The minimum absolute atomic E-state index is 0.571. The van der Waals surface area contributed by atoms with Crippen LogP contribution < -0.4 is 5.73 Å². The van der Waals surface area contributed by atoms with Crippen LogP contribution in [0.1, 0.15) is 18.2 Å². The summed E-state index contributed by atoms with van der Waals surface area (Å²) in [5.74, 6) is 0.571. The number of alkyl halides is 1. The second-order valence-corrected chi connectivity index (χ2v) is 4.69. The summed E-state index contributed by atoms with van der Waals surface area (Å²) in [6.45, 7) is 1.85. The molecule has 0 aliphatic rings. The van der Waals surface area contributed by atoms with Crippen LogP contribution in [-0.2, 0) is 6.42 Å². The maximum atomic E-state index is 5.72. The molecule has 0 aliphatic carbocycles. The van der Waals surface area contributed by atoms with Crippen LogP contribution in [0, 0.1) is 0 Å². The third kappa shape index (κ3) is 4.37. The third-order valence-corrected chi connectivity index (χ3v) is 2.56. The van der Waals surface area contributed by atoms with Crippen LogP contribution >= 0.6 is 27.5 Å². The highest BCUT2D eigenvalue weighted by molar-refractivity contribution is 9.10. The summed E-state index contributed by atoms with van der Waals surface area (Å²) in [7, 11) is 0. The molecule has 0 radical (unpaired) electrons. The van der Waals surface area contributed by atoms with Gasteiger partial charge in [-0.15, -0.1) is 11.6 Å². The van der Waals surface area contributed by atoms with E-state index in [-0.39, 0.29) is 0 Å². The lowest BCUT2D eigenvalue weighted by Gasteiger charge is -2.03. The Hall–Kier alpha value is -0.800. The average Bonchev–Trinajstić information content (AvgIpc) is 2.21. The largest absolute Gasteiger partial charge is 0.402 e. The van der Waals surface area contributed by atoms with Gasteiger partial charge in [0.05, 0.1) is 0 Å². The molecule has 2 nitrogen and oxygen atoms in total. The Morgan fingerprint density at radius 2 is 2.38 bits per heavy atom. The van der Waals surface area contributed by atoms with E-state index < -0.39 is 0 Å². The second-order valence-electron chi connectivity index (χ2n) is 3.40. The van der Waals surface area contributed by atoms with Gasteiger partial charge in [0.25, 0.3) is 0 Å². The van der Waals surface area contributed by atoms with E-state index in [2.05, 4.69) is 20.9 Å². The Balaban J connectivity index is 2.96.